The molecule has 0 aliphatic carbocycles. The summed E-state index contributed by atoms with van der Waals surface area (Å²) >= 11 is 0. The van der Waals surface area contributed by atoms with Gasteiger partial charge in [0.05, 0.1) is 17.4 Å². The van der Waals surface area contributed by atoms with Crippen molar-refractivity contribution in [1.29, 1.82) is 0 Å². The van der Waals surface area contributed by atoms with Gasteiger partial charge in [-0.3, -0.25) is 10.1 Å². The molecule has 7 nitrogen and oxygen atoms in total. The number of hydrogen-bond donors (Lipinski definition) is 3. The number of rotatable bonds is 4. The SMILES string of the molecule is Cc1cc(Nc2nc(C(N)c3ccc(F)cn3)nc3ccccc23)n[nH]1. The van der Waals surface area contributed by atoms with Crippen molar-refractivity contribution >= 4 is 22.5 Å². The molecule has 0 radical (unpaired) electrons. The van der Waals surface area contributed by atoms with Crippen molar-refractivity contribution in [3.63, 3.8) is 0 Å². The number of fused-ring (bicyclic) bond motifs is 1. The van der Waals surface area contributed by atoms with Gasteiger partial charge in [0.1, 0.15) is 17.7 Å². The van der Waals surface area contributed by atoms with Gasteiger partial charge in [-0.25, -0.2) is 14.4 Å². The number of aromatic amines is 1. The van der Waals surface area contributed by atoms with E-state index in [1.807, 2.05) is 37.3 Å². The highest BCUT2D eigenvalue weighted by atomic mass is 19.1. The standard InChI is InChI=1S/C18H16FN7/c1-10-8-15(26-25-10)23-17-12-4-2-3-5-13(12)22-18(24-17)16(20)14-7-6-11(19)9-21-14/h2-9,16H,20H2,1H3,(H2,22,23,24,25,26). The zero-order valence-corrected chi connectivity index (χ0v) is 13.9. The largest absolute Gasteiger partial charge is 0.323 e. The molecule has 4 rings (SSSR count). The van der Waals surface area contributed by atoms with E-state index in [2.05, 4.69) is 30.5 Å². The molecule has 130 valence electrons. The smallest absolute Gasteiger partial charge is 0.154 e. The first-order valence-electron chi connectivity index (χ1n) is 8.03. The summed E-state index contributed by atoms with van der Waals surface area (Å²) in [7, 11) is 0. The van der Waals surface area contributed by atoms with Gasteiger partial charge < -0.3 is 11.1 Å². The van der Waals surface area contributed by atoms with E-state index in [9.17, 15) is 4.39 Å². The van der Waals surface area contributed by atoms with E-state index in [0.29, 0.717) is 23.2 Å². The van der Waals surface area contributed by atoms with Gasteiger partial charge in [0.25, 0.3) is 0 Å². The molecule has 26 heavy (non-hydrogen) atoms. The minimum atomic E-state index is -0.679. The second-order valence-electron chi connectivity index (χ2n) is 5.89. The molecule has 1 unspecified atom stereocenters. The minimum absolute atomic E-state index is 0.387. The Morgan fingerprint density at radius 1 is 1.15 bits per heavy atom. The third-order valence-electron chi connectivity index (χ3n) is 3.92. The number of H-pyrrole nitrogens is 1. The quantitative estimate of drug-likeness (QED) is 0.523. The molecule has 0 saturated carbocycles. The zero-order chi connectivity index (χ0) is 18.1. The maximum atomic E-state index is 13.1. The summed E-state index contributed by atoms with van der Waals surface area (Å²) in [5.74, 6) is 1.20. The van der Waals surface area contributed by atoms with Crippen LogP contribution in [0.5, 0.6) is 0 Å². The van der Waals surface area contributed by atoms with E-state index >= 15 is 0 Å². The molecule has 0 saturated heterocycles. The number of nitrogens with one attached hydrogen (secondary N) is 2. The zero-order valence-electron chi connectivity index (χ0n) is 13.9. The molecule has 0 aliphatic heterocycles. The van der Waals surface area contributed by atoms with Crippen molar-refractivity contribution in [3.8, 4) is 0 Å². The maximum Gasteiger partial charge on any atom is 0.154 e. The Bertz CT molecular complexity index is 1060. The summed E-state index contributed by atoms with van der Waals surface area (Å²) in [6, 6.07) is 11.6. The molecule has 4 N–H and O–H groups in total. The van der Waals surface area contributed by atoms with E-state index in [-0.39, 0.29) is 0 Å². The van der Waals surface area contributed by atoms with Gasteiger partial charge in [0, 0.05) is 17.1 Å². The number of aryl methyl sites for hydroxylation is 1. The van der Waals surface area contributed by atoms with Crippen molar-refractivity contribution in [3.05, 3.63) is 71.7 Å². The second-order valence-corrected chi connectivity index (χ2v) is 5.89. The molecule has 0 amide bonds. The van der Waals surface area contributed by atoms with E-state index in [0.717, 1.165) is 22.8 Å². The van der Waals surface area contributed by atoms with Crippen LogP contribution in [0.1, 0.15) is 23.3 Å². The third-order valence-corrected chi connectivity index (χ3v) is 3.92. The van der Waals surface area contributed by atoms with Crippen LogP contribution < -0.4 is 11.1 Å². The minimum Gasteiger partial charge on any atom is -0.323 e. The van der Waals surface area contributed by atoms with Crippen LogP contribution in [0.4, 0.5) is 16.0 Å². The monoisotopic (exact) mass is 349 g/mol. The lowest BCUT2D eigenvalue weighted by molar-refractivity contribution is 0.616. The normalized spacial score (nSPS) is 12.3. The third kappa shape index (κ3) is 3.09. The molecule has 3 aromatic heterocycles. The van der Waals surface area contributed by atoms with Gasteiger partial charge in [-0.1, -0.05) is 12.1 Å². The molecule has 1 atom stereocenters. The molecule has 8 heteroatoms. The summed E-state index contributed by atoms with van der Waals surface area (Å²) in [5.41, 5.74) is 8.42. The topological polar surface area (TPSA) is 105 Å². The van der Waals surface area contributed by atoms with Crippen molar-refractivity contribution in [1.82, 2.24) is 25.1 Å². The van der Waals surface area contributed by atoms with Gasteiger partial charge in [0.2, 0.25) is 0 Å². The first-order chi connectivity index (χ1) is 12.6. The van der Waals surface area contributed by atoms with Gasteiger partial charge in [-0.05, 0) is 31.2 Å². The van der Waals surface area contributed by atoms with Crippen LogP contribution >= 0.6 is 0 Å². The Balaban J connectivity index is 1.79. The average Bonchev–Trinajstić information content (AvgIpc) is 3.06. The van der Waals surface area contributed by atoms with Crippen LogP contribution in [0.15, 0.2) is 48.7 Å². The lowest BCUT2D eigenvalue weighted by Gasteiger charge is -2.13. The number of halogens is 1. The number of para-hydroxylation sites is 1. The maximum absolute atomic E-state index is 13.1. The second kappa shape index (κ2) is 6.49. The molecule has 1 aromatic carbocycles. The number of aromatic nitrogens is 5. The average molecular weight is 349 g/mol. The van der Waals surface area contributed by atoms with Crippen LogP contribution in [0.25, 0.3) is 10.9 Å². The molecule has 0 aliphatic rings. The summed E-state index contributed by atoms with van der Waals surface area (Å²) in [4.78, 5) is 13.1. The summed E-state index contributed by atoms with van der Waals surface area (Å²) in [6.07, 6.45) is 1.13. The predicted molar refractivity (Wildman–Crippen MR) is 96.4 cm³/mol. The van der Waals surface area contributed by atoms with Gasteiger partial charge >= 0.3 is 0 Å². The molecule has 3 heterocycles. The van der Waals surface area contributed by atoms with Gasteiger partial charge in [-0.15, -0.1) is 0 Å². The van der Waals surface area contributed by atoms with Crippen LogP contribution in [0.3, 0.4) is 0 Å². The fraction of sp³-hybridized carbons (Fsp3) is 0.111. The Kier molecular flexibility index (Phi) is 4.02. The van der Waals surface area contributed by atoms with Crippen LogP contribution in [-0.4, -0.2) is 25.1 Å². The Labute approximate surface area is 148 Å². The molecule has 4 aromatic rings. The highest BCUT2D eigenvalue weighted by molar-refractivity contribution is 5.90. The van der Waals surface area contributed by atoms with E-state index in [4.69, 9.17) is 5.73 Å². The van der Waals surface area contributed by atoms with Crippen molar-refractivity contribution in [2.45, 2.75) is 13.0 Å². The number of nitrogens with zero attached hydrogens (tertiary/aromatic N) is 4. The highest BCUT2D eigenvalue weighted by Crippen LogP contribution is 2.26. The molecular formula is C18H16FN7. The molecule has 0 fully saturated rings. The molecule has 0 bridgehead atoms. The number of hydrogen-bond acceptors (Lipinski definition) is 6. The lowest BCUT2D eigenvalue weighted by Crippen LogP contribution is -2.17. The number of pyridine rings is 1. The Hall–Kier alpha value is -3.39. The first kappa shape index (κ1) is 16.1. The Morgan fingerprint density at radius 2 is 2.00 bits per heavy atom. The predicted octanol–water partition coefficient (Wildman–Crippen LogP) is 2.99. The number of nitrogens with two attached hydrogens (primary N) is 1. The number of anilines is 2. The lowest BCUT2D eigenvalue weighted by atomic mass is 10.1. The molecule has 0 spiro atoms. The van der Waals surface area contributed by atoms with Crippen molar-refractivity contribution < 1.29 is 4.39 Å². The van der Waals surface area contributed by atoms with Gasteiger partial charge in [0.15, 0.2) is 11.6 Å². The summed E-state index contributed by atoms with van der Waals surface area (Å²) in [6.45, 7) is 1.91. The Morgan fingerprint density at radius 3 is 2.73 bits per heavy atom. The van der Waals surface area contributed by atoms with Crippen LogP contribution in [0, 0.1) is 12.7 Å². The van der Waals surface area contributed by atoms with Crippen molar-refractivity contribution in [2.75, 3.05) is 5.32 Å². The summed E-state index contributed by atoms with van der Waals surface area (Å²) in [5, 5.41) is 11.1. The van der Waals surface area contributed by atoms with E-state index < -0.39 is 11.9 Å². The highest BCUT2D eigenvalue weighted by Gasteiger charge is 2.17. The fourth-order valence-corrected chi connectivity index (χ4v) is 2.64. The van der Waals surface area contributed by atoms with Crippen LogP contribution in [0.2, 0.25) is 0 Å². The van der Waals surface area contributed by atoms with Crippen molar-refractivity contribution in [2.24, 2.45) is 5.73 Å². The molecular weight excluding hydrogens is 333 g/mol. The number of benzene rings is 1. The van der Waals surface area contributed by atoms with Gasteiger partial charge in [-0.2, -0.15) is 5.10 Å². The van der Waals surface area contributed by atoms with E-state index in [1.54, 1.807) is 0 Å². The summed E-state index contributed by atoms with van der Waals surface area (Å²) < 4.78 is 13.1. The van der Waals surface area contributed by atoms with Crippen LogP contribution in [-0.2, 0) is 0 Å². The first-order valence-corrected chi connectivity index (χ1v) is 8.03. The van der Waals surface area contributed by atoms with E-state index in [1.165, 1.54) is 12.1 Å². The fourth-order valence-electron chi connectivity index (χ4n) is 2.64.